The summed E-state index contributed by atoms with van der Waals surface area (Å²) in [4.78, 5) is 22.6. The van der Waals surface area contributed by atoms with E-state index in [2.05, 4.69) is 0 Å². The lowest BCUT2D eigenvalue weighted by Crippen LogP contribution is -2.25. The molecule has 7 heteroatoms. The normalized spacial score (nSPS) is 14.9. The van der Waals surface area contributed by atoms with Crippen molar-refractivity contribution < 1.29 is 34.0 Å². The molecule has 0 spiro atoms. The predicted octanol–water partition coefficient (Wildman–Crippen LogP) is 4.56. The number of aryl methyl sites for hydroxylation is 1. The van der Waals surface area contributed by atoms with Crippen molar-refractivity contribution in [3.63, 3.8) is 0 Å². The van der Waals surface area contributed by atoms with Gasteiger partial charge < -0.3 is 24.4 Å². The van der Waals surface area contributed by atoms with E-state index in [1.807, 2.05) is 25.1 Å². The molecule has 1 unspecified atom stereocenters. The van der Waals surface area contributed by atoms with Gasteiger partial charge in [-0.25, -0.2) is 0 Å². The summed E-state index contributed by atoms with van der Waals surface area (Å²) < 4.78 is 17.5. The zero-order valence-electron chi connectivity index (χ0n) is 18.6. The van der Waals surface area contributed by atoms with Gasteiger partial charge in [0.2, 0.25) is 0 Å². The second-order valence-electron chi connectivity index (χ2n) is 7.94. The van der Waals surface area contributed by atoms with E-state index in [1.54, 1.807) is 12.1 Å². The first-order valence-electron chi connectivity index (χ1n) is 11.0. The topological polar surface area (TPSA) is 102 Å². The van der Waals surface area contributed by atoms with Crippen LogP contribution >= 0.6 is 0 Å². The van der Waals surface area contributed by atoms with Crippen LogP contribution in [0.15, 0.2) is 30.3 Å². The van der Waals surface area contributed by atoms with Crippen molar-refractivity contribution in [3.8, 4) is 23.0 Å². The van der Waals surface area contributed by atoms with Crippen molar-refractivity contribution in [3.05, 3.63) is 47.0 Å². The van der Waals surface area contributed by atoms with E-state index in [0.717, 1.165) is 18.4 Å². The number of ketones is 1. The molecule has 1 aliphatic rings. The molecule has 0 fully saturated rings. The van der Waals surface area contributed by atoms with E-state index in [9.17, 15) is 14.7 Å². The number of fused-ring (bicyclic) bond motifs is 1. The maximum absolute atomic E-state index is 11.7. The number of carbonyl (C=O) groups is 2. The second-order valence-corrected chi connectivity index (χ2v) is 7.94. The van der Waals surface area contributed by atoms with E-state index in [4.69, 9.17) is 19.3 Å². The highest BCUT2D eigenvalue weighted by molar-refractivity contribution is 5.97. The average molecular weight is 443 g/mol. The Morgan fingerprint density at radius 2 is 1.94 bits per heavy atom. The fraction of sp³-hybridized carbons (Fsp3) is 0.440. The molecule has 0 aromatic heterocycles. The van der Waals surface area contributed by atoms with Crippen LogP contribution in [0.1, 0.15) is 61.0 Å². The maximum Gasteiger partial charge on any atom is 0.307 e. The van der Waals surface area contributed by atoms with Crippen molar-refractivity contribution in [2.45, 2.75) is 58.5 Å². The first-order valence-corrected chi connectivity index (χ1v) is 11.0. The highest BCUT2D eigenvalue weighted by Crippen LogP contribution is 2.34. The standard InChI is InChI=1S/C25H30O7/c1-3-5-21-22(11-10-20(16(2)26)25(21)29)31-13-4-12-30-18-8-6-17-7-9-19(15-24(27)28)32-23(17)14-18/h6,8,10-11,14,19,29H,3-5,7,9,12-13,15H2,1-2H3,(H,27,28). The van der Waals surface area contributed by atoms with Crippen LogP contribution in [0.5, 0.6) is 23.0 Å². The fourth-order valence-corrected chi connectivity index (χ4v) is 3.79. The summed E-state index contributed by atoms with van der Waals surface area (Å²) in [5.41, 5.74) is 2.02. The van der Waals surface area contributed by atoms with E-state index in [0.29, 0.717) is 60.9 Å². The number of carboxylic acids is 1. The fourth-order valence-electron chi connectivity index (χ4n) is 3.79. The van der Waals surface area contributed by atoms with Gasteiger partial charge in [-0.15, -0.1) is 0 Å². The number of phenolic OH excluding ortho intramolecular Hbond substituents is 1. The zero-order valence-corrected chi connectivity index (χ0v) is 18.6. The Kier molecular flexibility index (Phi) is 7.98. The number of phenols is 1. The third-order valence-corrected chi connectivity index (χ3v) is 5.40. The molecule has 0 bridgehead atoms. The van der Waals surface area contributed by atoms with E-state index >= 15 is 0 Å². The molecule has 0 saturated carbocycles. The summed E-state index contributed by atoms with van der Waals surface area (Å²) in [7, 11) is 0. The van der Waals surface area contributed by atoms with Crippen LogP contribution in [-0.4, -0.2) is 41.3 Å². The minimum atomic E-state index is -0.864. The summed E-state index contributed by atoms with van der Waals surface area (Å²) in [5, 5.41) is 19.4. The Bertz CT molecular complexity index is 967. The lowest BCUT2D eigenvalue weighted by atomic mass is 10.0. The molecule has 3 rings (SSSR count). The van der Waals surface area contributed by atoms with Crippen molar-refractivity contribution in [1.82, 2.24) is 0 Å². The largest absolute Gasteiger partial charge is 0.507 e. The van der Waals surface area contributed by atoms with E-state index in [-0.39, 0.29) is 24.1 Å². The van der Waals surface area contributed by atoms with Crippen molar-refractivity contribution in [2.75, 3.05) is 13.2 Å². The second kappa shape index (κ2) is 10.9. The number of Topliss-reactive ketones (excluding diaryl/α,β-unsaturated/α-hetero) is 1. The molecule has 1 heterocycles. The number of aromatic hydroxyl groups is 1. The molecule has 0 radical (unpaired) electrons. The van der Waals surface area contributed by atoms with Crippen LogP contribution < -0.4 is 14.2 Å². The molecule has 1 atom stereocenters. The van der Waals surface area contributed by atoms with Gasteiger partial charge in [0.25, 0.3) is 0 Å². The van der Waals surface area contributed by atoms with Gasteiger partial charge in [-0.05, 0) is 49.9 Å². The summed E-state index contributed by atoms with van der Waals surface area (Å²) in [6.45, 7) is 4.26. The molecule has 7 nitrogen and oxygen atoms in total. The highest BCUT2D eigenvalue weighted by atomic mass is 16.5. The van der Waals surface area contributed by atoms with Gasteiger partial charge >= 0.3 is 5.97 Å². The summed E-state index contributed by atoms with van der Waals surface area (Å²) in [5.74, 6) is 0.890. The van der Waals surface area contributed by atoms with Gasteiger partial charge in [-0.2, -0.15) is 0 Å². The minimum absolute atomic E-state index is 0.00311. The lowest BCUT2D eigenvalue weighted by Gasteiger charge is -2.25. The molecule has 0 aliphatic carbocycles. The Morgan fingerprint density at radius 3 is 2.66 bits per heavy atom. The molecule has 172 valence electrons. The van der Waals surface area contributed by atoms with Crippen LogP contribution in [0, 0.1) is 0 Å². The first kappa shape index (κ1) is 23.4. The van der Waals surface area contributed by atoms with Crippen LogP contribution in [0.2, 0.25) is 0 Å². The maximum atomic E-state index is 11.7. The van der Waals surface area contributed by atoms with Crippen molar-refractivity contribution in [1.29, 1.82) is 0 Å². The van der Waals surface area contributed by atoms with Crippen LogP contribution in [0.3, 0.4) is 0 Å². The van der Waals surface area contributed by atoms with Crippen molar-refractivity contribution >= 4 is 11.8 Å². The molecular formula is C25H30O7. The number of rotatable bonds is 11. The number of benzene rings is 2. The lowest BCUT2D eigenvalue weighted by molar-refractivity contribution is -0.139. The summed E-state index contributed by atoms with van der Waals surface area (Å²) >= 11 is 0. The molecule has 32 heavy (non-hydrogen) atoms. The van der Waals surface area contributed by atoms with Crippen molar-refractivity contribution in [2.24, 2.45) is 0 Å². The van der Waals surface area contributed by atoms with Gasteiger partial charge in [-0.1, -0.05) is 19.4 Å². The molecule has 2 N–H and O–H groups in total. The average Bonchev–Trinajstić information content (AvgIpc) is 2.74. The zero-order chi connectivity index (χ0) is 23.1. The number of aliphatic carboxylic acids is 1. The number of hydrogen-bond donors (Lipinski definition) is 2. The third kappa shape index (κ3) is 5.93. The molecule has 1 aliphatic heterocycles. The molecular weight excluding hydrogens is 412 g/mol. The molecule has 0 saturated heterocycles. The number of carbonyl (C=O) groups excluding carboxylic acids is 1. The Morgan fingerprint density at radius 1 is 1.16 bits per heavy atom. The van der Waals surface area contributed by atoms with Gasteiger partial charge in [0.05, 0.1) is 25.2 Å². The first-order chi connectivity index (χ1) is 15.4. The number of hydrogen-bond acceptors (Lipinski definition) is 6. The van der Waals surface area contributed by atoms with E-state index in [1.165, 1.54) is 6.92 Å². The minimum Gasteiger partial charge on any atom is -0.507 e. The third-order valence-electron chi connectivity index (χ3n) is 5.40. The van der Waals surface area contributed by atoms with E-state index < -0.39 is 5.97 Å². The Hall–Kier alpha value is -3.22. The van der Waals surface area contributed by atoms with Gasteiger partial charge in [-0.3, -0.25) is 9.59 Å². The predicted molar refractivity (Wildman–Crippen MR) is 119 cm³/mol. The monoisotopic (exact) mass is 442 g/mol. The molecule has 0 amide bonds. The van der Waals surface area contributed by atoms with Crippen LogP contribution in [-0.2, 0) is 17.6 Å². The van der Waals surface area contributed by atoms with Gasteiger partial charge in [0.1, 0.15) is 29.1 Å². The molecule has 2 aromatic rings. The Labute approximate surface area is 187 Å². The highest BCUT2D eigenvalue weighted by Gasteiger charge is 2.22. The Balaban J connectivity index is 1.52. The quantitative estimate of drug-likeness (QED) is 0.388. The SMILES string of the molecule is CCCc1c(OCCCOc2ccc3c(c2)OC(CC(=O)O)CC3)ccc(C(C)=O)c1O. The number of carboxylic acid groups (broad SMARTS) is 1. The van der Waals surface area contributed by atoms with Gasteiger partial charge in [0, 0.05) is 18.1 Å². The summed E-state index contributed by atoms with van der Waals surface area (Å²) in [6, 6.07) is 8.97. The van der Waals surface area contributed by atoms with Crippen LogP contribution in [0.25, 0.3) is 0 Å². The summed E-state index contributed by atoms with van der Waals surface area (Å²) in [6.07, 6.45) is 3.23. The van der Waals surface area contributed by atoms with Crippen LogP contribution in [0.4, 0.5) is 0 Å². The van der Waals surface area contributed by atoms with Gasteiger partial charge in [0.15, 0.2) is 5.78 Å². The smallest absolute Gasteiger partial charge is 0.307 e. The number of ether oxygens (including phenoxy) is 3. The molecule has 2 aromatic carbocycles.